The second kappa shape index (κ2) is 7.59. The minimum Gasteiger partial charge on any atom is -0.507 e. The highest BCUT2D eigenvalue weighted by molar-refractivity contribution is 5.86. The molecule has 0 saturated carbocycles. The number of para-hydroxylation sites is 1. The molecule has 4 rings (SSSR count). The molecular weight excluding hydrogens is 411 g/mol. The quantitative estimate of drug-likeness (QED) is 0.520. The number of phenols is 1. The zero-order chi connectivity index (χ0) is 22.3. The molecule has 0 bridgehead atoms. The van der Waals surface area contributed by atoms with Crippen molar-refractivity contribution < 1.29 is 22.7 Å². The Balaban J connectivity index is 2.00. The first-order valence-corrected chi connectivity index (χ1v) is 9.32. The van der Waals surface area contributed by atoms with E-state index in [4.69, 9.17) is 4.42 Å². The molecule has 0 spiro atoms. The number of benzene rings is 2. The van der Waals surface area contributed by atoms with E-state index in [1.54, 1.807) is 49.3 Å². The van der Waals surface area contributed by atoms with Gasteiger partial charge in [-0.2, -0.15) is 18.3 Å². The van der Waals surface area contributed by atoms with E-state index in [1.807, 2.05) is 0 Å². The summed E-state index contributed by atoms with van der Waals surface area (Å²) in [6, 6.07) is 12.7. The molecule has 0 aliphatic rings. The van der Waals surface area contributed by atoms with Gasteiger partial charge in [-0.1, -0.05) is 18.2 Å². The molecule has 31 heavy (non-hydrogen) atoms. The average Bonchev–Trinajstić information content (AvgIpc) is 3.19. The summed E-state index contributed by atoms with van der Waals surface area (Å²) in [5, 5.41) is 14.3. The first kappa shape index (κ1) is 20.7. The Morgan fingerprint density at radius 1 is 1.10 bits per heavy atom. The molecule has 0 aliphatic heterocycles. The fourth-order valence-corrected chi connectivity index (χ4v) is 3.39. The van der Waals surface area contributed by atoms with Gasteiger partial charge < -0.3 is 14.4 Å². The Hall–Kier alpha value is -3.59. The van der Waals surface area contributed by atoms with Gasteiger partial charge in [-0.15, -0.1) is 0 Å². The number of aromatic nitrogens is 2. The van der Waals surface area contributed by atoms with E-state index in [0.717, 1.165) is 0 Å². The summed E-state index contributed by atoms with van der Waals surface area (Å²) >= 11 is 0. The Morgan fingerprint density at radius 3 is 2.45 bits per heavy atom. The molecule has 9 heteroatoms. The fraction of sp³-hybridized carbons (Fsp3) is 0.182. The Bertz CT molecular complexity index is 1310. The molecule has 2 heterocycles. The van der Waals surface area contributed by atoms with Gasteiger partial charge in [-0.05, 0) is 44.4 Å². The van der Waals surface area contributed by atoms with Crippen LogP contribution in [0.3, 0.4) is 0 Å². The van der Waals surface area contributed by atoms with Crippen molar-refractivity contribution in [1.29, 1.82) is 0 Å². The van der Waals surface area contributed by atoms with Crippen LogP contribution in [0.1, 0.15) is 11.3 Å². The Kier molecular flexibility index (Phi) is 5.06. The maximum Gasteiger partial charge on any atom is 0.450 e. The molecule has 2 aromatic heterocycles. The van der Waals surface area contributed by atoms with Crippen LogP contribution in [0, 0.1) is 0 Å². The van der Waals surface area contributed by atoms with Crippen molar-refractivity contribution in [2.45, 2.75) is 12.7 Å². The minimum absolute atomic E-state index is 0.0630. The van der Waals surface area contributed by atoms with Crippen LogP contribution < -0.4 is 5.43 Å². The fourth-order valence-electron chi connectivity index (χ4n) is 3.39. The van der Waals surface area contributed by atoms with Crippen LogP contribution in [0.15, 0.2) is 63.9 Å². The van der Waals surface area contributed by atoms with E-state index in [9.17, 15) is 23.1 Å². The van der Waals surface area contributed by atoms with E-state index in [0.29, 0.717) is 5.69 Å². The first-order chi connectivity index (χ1) is 14.7. The van der Waals surface area contributed by atoms with Crippen LogP contribution in [-0.2, 0) is 12.7 Å². The summed E-state index contributed by atoms with van der Waals surface area (Å²) in [6.07, 6.45) is -3.47. The summed E-state index contributed by atoms with van der Waals surface area (Å²) < 4.78 is 48.4. The van der Waals surface area contributed by atoms with Gasteiger partial charge in [0.2, 0.25) is 11.2 Å². The lowest BCUT2D eigenvalue weighted by Gasteiger charge is -2.16. The van der Waals surface area contributed by atoms with Gasteiger partial charge in [0, 0.05) is 12.7 Å². The maximum atomic E-state index is 13.9. The third-order valence-electron chi connectivity index (χ3n) is 4.74. The van der Waals surface area contributed by atoms with Crippen molar-refractivity contribution in [2.75, 3.05) is 14.1 Å². The topological polar surface area (TPSA) is 71.5 Å². The summed E-state index contributed by atoms with van der Waals surface area (Å²) in [5.74, 6) is -1.70. The van der Waals surface area contributed by atoms with Crippen LogP contribution in [-0.4, -0.2) is 33.9 Å². The van der Waals surface area contributed by atoms with Crippen LogP contribution in [0.4, 0.5) is 13.2 Å². The number of hydrogen-bond donors (Lipinski definition) is 1. The van der Waals surface area contributed by atoms with E-state index >= 15 is 0 Å². The minimum atomic E-state index is -4.94. The second-order valence-corrected chi connectivity index (χ2v) is 7.29. The number of rotatable bonds is 4. The molecular formula is C22H18F3N3O3. The van der Waals surface area contributed by atoms with E-state index in [2.05, 4.69) is 5.10 Å². The second-order valence-electron chi connectivity index (χ2n) is 7.29. The standard InChI is InChI=1S/C22H18F3N3O3/c1-27(2)12-15-17(29)9-8-14-19(30)18(21(22(23,24)25)31-20(14)15)16-10-11-28(26-16)13-6-4-3-5-7-13/h3-11,29H,12H2,1-2H3. The maximum absolute atomic E-state index is 13.9. The molecule has 2 aromatic carbocycles. The highest BCUT2D eigenvalue weighted by Gasteiger charge is 2.40. The largest absolute Gasteiger partial charge is 0.507 e. The lowest BCUT2D eigenvalue weighted by molar-refractivity contribution is -0.152. The number of aromatic hydroxyl groups is 1. The highest BCUT2D eigenvalue weighted by atomic mass is 19.4. The lowest BCUT2D eigenvalue weighted by atomic mass is 10.0. The van der Waals surface area contributed by atoms with Crippen molar-refractivity contribution >= 4 is 11.0 Å². The van der Waals surface area contributed by atoms with Crippen LogP contribution in [0.5, 0.6) is 5.75 Å². The molecule has 0 aliphatic carbocycles. The smallest absolute Gasteiger partial charge is 0.450 e. The van der Waals surface area contributed by atoms with Crippen molar-refractivity contribution in [3.8, 4) is 22.7 Å². The summed E-state index contributed by atoms with van der Waals surface area (Å²) in [6.45, 7) is 0.0887. The van der Waals surface area contributed by atoms with Gasteiger partial charge in [-0.3, -0.25) is 4.79 Å². The summed E-state index contributed by atoms with van der Waals surface area (Å²) in [5.41, 5.74) is -1.26. The molecule has 6 nitrogen and oxygen atoms in total. The Morgan fingerprint density at radius 2 is 1.81 bits per heavy atom. The molecule has 1 N–H and O–H groups in total. The van der Waals surface area contributed by atoms with Gasteiger partial charge in [-0.25, -0.2) is 4.68 Å². The number of alkyl halides is 3. The van der Waals surface area contributed by atoms with Crippen LogP contribution in [0.2, 0.25) is 0 Å². The predicted octanol–water partition coefficient (Wildman–Crippen LogP) is 4.43. The number of phenolic OH excluding ortho intramolecular Hbond substituents is 1. The van der Waals surface area contributed by atoms with Gasteiger partial charge >= 0.3 is 6.18 Å². The lowest BCUT2D eigenvalue weighted by Crippen LogP contribution is -2.18. The van der Waals surface area contributed by atoms with Crippen LogP contribution >= 0.6 is 0 Å². The Labute approximate surface area is 174 Å². The van der Waals surface area contributed by atoms with Crippen molar-refractivity contribution in [3.05, 3.63) is 76.3 Å². The molecule has 0 atom stereocenters. The molecule has 0 radical (unpaired) electrons. The van der Waals surface area contributed by atoms with Crippen LogP contribution in [0.25, 0.3) is 27.9 Å². The van der Waals surface area contributed by atoms with E-state index in [1.165, 1.54) is 29.1 Å². The SMILES string of the molecule is CN(C)Cc1c(O)ccc2c(=O)c(-c3ccn(-c4ccccc4)n3)c(C(F)(F)F)oc12. The number of fused-ring (bicyclic) bond motifs is 1. The van der Waals surface area contributed by atoms with Gasteiger partial charge in [0.15, 0.2) is 0 Å². The number of hydrogen-bond acceptors (Lipinski definition) is 5. The normalized spacial score (nSPS) is 12.1. The predicted molar refractivity (Wildman–Crippen MR) is 109 cm³/mol. The number of halogens is 3. The van der Waals surface area contributed by atoms with E-state index < -0.39 is 22.9 Å². The van der Waals surface area contributed by atoms with E-state index in [-0.39, 0.29) is 34.5 Å². The summed E-state index contributed by atoms with van der Waals surface area (Å²) in [4.78, 5) is 14.8. The molecule has 0 unspecified atom stereocenters. The van der Waals surface area contributed by atoms with Crippen molar-refractivity contribution in [3.63, 3.8) is 0 Å². The molecule has 4 aromatic rings. The molecule has 0 saturated heterocycles. The molecule has 160 valence electrons. The van der Waals surface area contributed by atoms with Crippen molar-refractivity contribution in [2.24, 2.45) is 0 Å². The third-order valence-corrected chi connectivity index (χ3v) is 4.74. The summed E-state index contributed by atoms with van der Waals surface area (Å²) in [7, 11) is 3.37. The van der Waals surface area contributed by atoms with Gasteiger partial charge in [0.1, 0.15) is 17.0 Å². The molecule has 0 amide bonds. The zero-order valence-electron chi connectivity index (χ0n) is 16.6. The zero-order valence-corrected chi connectivity index (χ0v) is 16.6. The number of nitrogens with zero attached hydrogens (tertiary/aromatic N) is 3. The average molecular weight is 429 g/mol. The highest BCUT2D eigenvalue weighted by Crippen LogP contribution is 2.38. The van der Waals surface area contributed by atoms with Gasteiger partial charge in [0.25, 0.3) is 0 Å². The van der Waals surface area contributed by atoms with Crippen molar-refractivity contribution in [1.82, 2.24) is 14.7 Å². The third kappa shape index (κ3) is 3.79. The first-order valence-electron chi connectivity index (χ1n) is 9.32. The monoisotopic (exact) mass is 429 g/mol. The van der Waals surface area contributed by atoms with Gasteiger partial charge in [0.05, 0.1) is 22.2 Å². The molecule has 0 fully saturated rings.